The molecule has 0 radical (unpaired) electrons. The van der Waals surface area contributed by atoms with E-state index in [1.54, 1.807) is 0 Å². The molecule has 3 rings (SSSR count). The molecule has 1 fully saturated rings. The van der Waals surface area contributed by atoms with E-state index in [2.05, 4.69) is 26.0 Å². The van der Waals surface area contributed by atoms with Crippen molar-refractivity contribution in [3.05, 3.63) is 48.0 Å². The first-order chi connectivity index (χ1) is 13.6. The molecule has 0 N–H and O–H groups in total. The molecule has 2 aromatic rings. The van der Waals surface area contributed by atoms with Gasteiger partial charge in [-0.05, 0) is 30.2 Å². The average molecular weight is 382 g/mol. The summed E-state index contributed by atoms with van der Waals surface area (Å²) in [4.78, 5) is 15.4. The number of ether oxygens (including phenoxy) is 1. The van der Waals surface area contributed by atoms with E-state index in [9.17, 15) is 4.79 Å². The van der Waals surface area contributed by atoms with Crippen molar-refractivity contribution in [2.24, 2.45) is 0 Å². The average Bonchev–Trinajstić information content (AvgIpc) is 3.45. The number of carbonyl (C=O) groups is 1. The zero-order valence-electron chi connectivity index (χ0n) is 17.6. The van der Waals surface area contributed by atoms with Gasteiger partial charge in [0.15, 0.2) is 0 Å². The first-order valence-corrected chi connectivity index (χ1v) is 11.0. The van der Waals surface area contributed by atoms with Crippen LogP contribution in [0.5, 0.6) is 0 Å². The summed E-state index contributed by atoms with van der Waals surface area (Å²) in [6, 6.07) is 14.2. The number of nitrogens with zero attached hydrogens (tertiary/aromatic N) is 1. The third-order valence-electron chi connectivity index (χ3n) is 5.75. The maximum Gasteiger partial charge on any atom is 0.254 e. The van der Waals surface area contributed by atoms with E-state index in [0.717, 1.165) is 35.9 Å². The minimum absolute atomic E-state index is 0.136. The minimum Gasteiger partial charge on any atom is -0.368 e. The number of hydrogen-bond donors (Lipinski definition) is 0. The Hall–Kier alpha value is -1.87. The number of benzene rings is 2. The monoisotopic (exact) mass is 381 g/mol. The molecule has 0 spiro atoms. The van der Waals surface area contributed by atoms with Crippen LogP contribution in [0, 0.1) is 0 Å². The van der Waals surface area contributed by atoms with Gasteiger partial charge in [-0.3, -0.25) is 4.79 Å². The van der Waals surface area contributed by atoms with Crippen molar-refractivity contribution in [1.29, 1.82) is 0 Å². The molecule has 0 aromatic heterocycles. The van der Waals surface area contributed by atoms with Gasteiger partial charge < -0.3 is 9.64 Å². The molecule has 1 amide bonds. The number of amides is 1. The van der Waals surface area contributed by atoms with E-state index in [4.69, 9.17) is 4.74 Å². The number of carbonyl (C=O) groups excluding carboxylic acids is 1. The van der Waals surface area contributed by atoms with Gasteiger partial charge in [0.05, 0.1) is 13.2 Å². The fourth-order valence-electron chi connectivity index (χ4n) is 3.89. The number of epoxide rings is 1. The smallest absolute Gasteiger partial charge is 0.254 e. The van der Waals surface area contributed by atoms with Crippen molar-refractivity contribution in [3.63, 3.8) is 0 Å². The van der Waals surface area contributed by atoms with Gasteiger partial charge in [-0.15, -0.1) is 0 Å². The van der Waals surface area contributed by atoms with E-state index in [1.807, 2.05) is 35.2 Å². The molecule has 0 bridgehead atoms. The summed E-state index contributed by atoms with van der Waals surface area (Å²) in [7, 11) is 0. The first kappa shape index (κ1) is 20.9. The van der Waals surface area contributed by atoms with Crippen molar-refractivity contribution < 1.29 is 9.53 Å². The van der Waals surface area contributed by atoms with Gasteiger partial charge in [0.2, 0.25) is 0 Å². The molecule has 3 nitrogen and oxygen atoms in total. The zero-order valence-corrected chi connectivity index (χ0v) is 17.6. The van der Waals surface area contributed by atoms with Gasteiger partial charge in [-0.1, -0.05) is 88.3 Å². The lowest BCUT2D eigenvalue weighted by molar-refractivity contribution is 0.0711. The Labute approximate surface area is 170 Å². The molecule has 0 aliphatic carbocycles. The Balaban J connectivity index is 1.59. The van der Waals surface area contributed by atoms with E-state index >= 15 is 0 Å². The molecule has 1 aliphatic heterocycles. The largest absolute Gasteiger partial charge is 0.368 e. The molecule has 1 heterocycles. The van der Waals surface area contributed by atoms with Crippen LogP contribution in [0.4, 0.5) is 0 Å². The van der Waals surface area contributed by atoms with Crippen molar-refractivity contribution in [3.8, 4) is 0 Å². The predicted octanol–water partition coefficient (Wildman–Crippen LogP) is 6.21. The van der Waals surface area contributed by atoms with E-state index < -0.39 is 0 Å². The van der Waals surface area contributed by atoms with Crippen LogP contribution < -0.4 is 0 Å². The highest BCUT2D eigenvalue weighted by Crippen LogP contribution is 2.29. The van der Waals surface area contributed by atoms with Crippen molar-refractivity contribution >= 4 is 16.7 Å². The maximum absolute atomic E-state index is 13.4. The van der Waals surface area contributed by atoms with Gasteiger partial charge in [-0.2, -0.15) is 0 Å². The SMILES string of the molecule is CCCCCCCCCCN(CC1(C)CO1)C(=O)c1cccc2ccccc12. The van der Waals surface area contributed by atoms with Gasteiger partial charge in [-0.25, -0.2) is 0 Å². The van der Waals surface area contributed by atoms with Crippen LogP contribution in [-0.2, 0) is 4.74 Å². The molecular weight excluding hydrogens is 346 g/mol. The molecular formula is C25H35NO2. The third-order valence-corrected chi connectivity index (χ3v) is 5.75. The Morgan fingerprint density at radius 1 is 0.964 bits per heavy atom. The van der Waals surface area contributed by atoms with Crippen LogP contribution in [0.3, 0.4) is 0 Å². The lowest BCUT2D eigenvalue weighted by atomic mass is 10.0. The summed E-state index contributed by atoms with van der Waals surface area (Å²) >= 11 is 0. The number of unbranched alkanes of at least 4 members (excludes halogenated alkanes) is 7. The quantitative estimate of drug-likeness (QED) is 0.323. The van der Waals surface area contributed by atoms with E-state index in [0.29, 0.717) is 6.54 Å². The van der Waals surface area contributed by atoms with Gasteiger partial charge in [0.1, 0.15) is 5.60 Å². The summed E-state index contributed by atoms with van der Waals surface area (Å²) in [5.74, 6) is 0.136. The molecule has 1 atom stereocenters. The van der Waals surface area contributed by atoms with Gasteiger partial charge in [0.25, 0.3) is 5.91 Å². The van der Waals surface area contributed by atoms with Crippen LogP contribution >= 0.6 is 0 Å². The topological polar surface area (TPSA) is 32.8 Å². The summed E-state index contributed by atoms with van der Waals surface area (Å²) in [5.41, 5.74) is 0.655. The minimum atomic E-state index is -0.152. The fraction of sp³-hybridized carbons (Fsp3) is 0.560. The molecule has 0 saturated carbocycles. The lowest BCUT2D eigenvalue weighted by Gasteiger charge is -2.25. The molecule has 1 aliphatic rings. The van der Waals surface area contributed by atoms with Crippen molar-refractivity contribution in [2.75, 3.05) is 19.7 Å². The molecule has 28 heavy (non-hydrogen) atoms. The number of hydrogen-bond acceptors (Lipinski definition) is 2. The van der Waals surface area contributed by atoms with Crippen molar-refractivity contribution in [1.82, 2.24) is 4.90 Å². The Bertz CT molecular complexity index is 761. The van der Waals surface area contributed by atoms with Crippen LogP contribution in [0.2, 0.25) is 0 Å². The highest BCUT2D eigenvalue weighted by atomic mass is 16.6. The van der Waals surface area contributed by atoms with Crippen LogP contribution in [0.1, 0.15) is 75.6 Å². The highest BCUT2D eigenvalue weighted by molar-refractivity contribution is 6.07. The van der Waals surface area contributed by atoms with E-state index in [1.165, 1.54) is 44.9 Å². The van der Waals surface area contributed by atoms with Crippen LogP contribution in [-0.4, -0.2) is 36.1 Å². The molecule has 152 valence electrons. The predicted molar refractivity (Wildman–Crippen MR) is 117 cm³/mol. The Morgan fingerprint density at radius 2 is 1.61 bits per heavy atom. The third kappa shape index (κ3) is 5.81. The Kier molecular flexibility index (Phi) is 7.50. The lowest BCUT2D eigenvalue weighted by Crippen LogP contribution is -2.39. The normalized spacial score (nSPS) is 18.4. The second kappa shape index (κ2) is 10.1. The van der Waals surface area contributed by atoms with Crippen LogP contribution in [0.15, 0.2) is 42.5 Å². The molecule has 2 aromatic carbocycles. The number of rotatable bonds is 12. The standard InChI is InChI=1S/C25H35NO2/c1-3-4-5-6-7-8-9-12-18-26(19-25(2)20-28-25)24(27)23-17-13-15-21-14-10-11-16-22(21)23/h10-11,13-17H,3-9,12,18-20H2,1-2H3. The van der Waals surface area contributed by atoms with Crippen LogP contribution in [0.25, 0.3) is 10.8 Å². The molecule has 3 heteroatoms. The summed E-state index contributed by atoms with van der Waals surface area (Å²) < 4.78 is 5.59. The number of fused-ring (bicyclic) bond motifs is 1. The Morgan fingerprint density at radius 3 is 2.32 bits per heavy atom. The highest BCUT2D eigenvalue weighted by Gasteiger charge is 2.42. The van der Waals surface area contributed by atoms with Crippen molar-refractivity contribution in [2.45, 2.75) is 70.8 Å². The summed E-state index contributed by atoms with van der Waals surface area (Å²) in [6.07, 6.45) is 10.2. The zero-order chi connectivity index (χ0) is 19.8. The van der Waals surface area contributed by atoms with Gasteiger partial charge in [0, 0.05) is 12.1 Å². The fourth-order valence-corrected chi connectivity index (χ4v) is 3.89. The molecule has 1 unspecified atom stereocenters. The maximum atomic E-state index is 13.4. The van der Waals surface area contributed by atoms with Gasteiger partial charge >= 0.3 is 0 Å². The summed E-state index contributed by atoms with van der Waals surface area (Å²) in [6.45, 7) is 6.61. The second-order valence-electron chi connectivity index (χ2n) is 8.47. The first-order valence-electron chi connectivity index (χ1n) is 11.0. The van der Waals surface area contributed by atoms with E-state index in [-0.39, 0.29) is 11.5 Å². The summed E-state index contributed by atoms with van der Waals surface area (Å²) in [5, 5.41) is 2.16. The second-order valence-corrected chi connectivity index (χ2v) is 8.47. The molecule has 1 saturated heterocycles.